The van der Waals surface area contributed by atoms with Crippen LogP contribution in [0.4, 0.5) is 0 Å². The van der Waals surface area contributed by atoms with E-state index in [1.54, 1.807) is 7.05 Å². The van der Waals surface area contributed by atoms with Crippen molar-refractivity contribution >= 4 is 35.4 Å². The third-order valence-electron chi connectivity index (χ3n) is 5.20. The molecule has 6 amide bonds. The van der Waals surface area contributed by atoms with Gasteiger partial charge in [0.2, 0.25) is 35.4 Å². The van der Waals surface area contributed by atoms with Gasteiger partial charge in [0, 0.05) is 47.8 Å². The fourth-order valence-electron chi connectivity index (χ4n) is 2.51. The van der Waals surface area contributed by atoms with Gasteiger partial charge < -0.3 is 35.1 Å². The van der Waals surface area contributed by atoms with Gasteiger partial charge in [0.05, 0.1) is 39.3 Å². The van der Waals surface area contributed by atoms with Gasteiger partial charge >= 0.3 is 0 Å². The van der Waals surface area contributed by atoms with E-state index in [1.165, 1.54) is 47.8 Å². The summed E-state index contributed by atoms with van der Waals surface area (Å²) in [7, 11) is 7.43. The summed E-state index contributed by atoms with van der Waals surface area (Å²) in [6.07, 6.45) is 0. The number of carbonyl (C=O) groups excluding carboxylic acids is 6. The highest BCUT2D eigenvalue weighted by Gasteiger charge is 2.21. The number of hydrogen-bond donors (Lipinski definition) is 2. The van der Waals surface area contributed by atoms with Crippen molar-refractivity contribution in [2.75, 3.05) is 81.1 Å². The maximum atomic E-state index is 12.4. The average molecular weight is 500 g/mol. The number of amides is 6. The minimum absolute atomic E-state index is 0.104. The van der Waals surface area contributed by atoms with Crippen molar-refractivity contribution in [3.05, 3.63) is 0 Å². The lowest BCUT2D eigenvalue weighted by atomic mass is 10.3. The molecule has 0 bridgehead atoms. The lowest BCUT2D eigenvalue weighted by Gasteiger charge is -2.24. The average Bonchev–Trinajstić information content (AvgIpc) is 2.79. The molecule has 0 aliphatic heterocycles. The van der Waals surface area contributed by atoms with Crippen LogP contribution in [0.5, 0.6) is 0 Å². The lowest BCUT2D eigenvalue weighted by molar-refractivity contribution is -0.142. The van der Waals surface area contributed by atoms with Crippen LogP contribution in [-0.4, -0.2) is 147 Å². The van der Waals surface area contributed by atoms with Crippen molar-refractivity contribution in [2.24, 2.45) is 0 Å². The molecule has 0 atom stereocenters. The van der Waals surface area contributed by atoms with Crippen LogP contribution in [0.15, 0.2) is 0 Å². The predicted octanol–water partition coefficient (Wildman–Crippen LogP) is -2.59. The summed E-state index contributed by atoms with van der Waals surface area (Å²) in [4.78, 5) is 79.2. The molecule has 0 aliphatic carbocycles. The Morgan fingerprint density at radius 2 is 0.943 bits per heavy atom. The second-order valence-electron chi connectivity index (χ2n) is 8.72. The minimum Gasteiger partial charge on any atom is -0.345 e. The van der Waals surface area contributed by atoms with Crippen LogP contribution in [-0.2, 0) is 28.8 Å². The molecular weight excluding hydrogens is 458 g/mol. The number of hydrogen-bond acceptors (Lipinski definition) is 7. The van der Waals surface area contributed by atoms with E-state index in [-0.39, 0.29) is 57.1 Å². The van der Waals surface area contributed by atoms with Crippen LogP contribution >= 0.6 is 0 Å². The molecular formula is C22H41N7O6. The van der Waals surface area contributed by atoms with Gasteiger partial charge in [-0.3, -0.25) is 28.8 Å². The normalized spacial score (nSPS) is 10.4. The van der Waals surface area contributed by atoms with Crippen molar-refractivity contribution in [3.63, 3.8) is 0 Å². The van der Waals surface area contributed by atoms with Crippen LogP contribution in [0.1, 0.15) is 20.8 Å². The Bertz CT molecular complexity index is 773. The zero-order valence-corrected chi connectivity index (χ0v) is 22.2. The monoisotopic (exact) mass is 499 g/mol. The third-order valence-corrected chi connectivity index (χ3v) is 5.20. The molecule has 0 aromatic heterocycles. The van der Waals surface area contributed by atoms with E-state index < -0.39 is 23.6 Å². The van der Waals surface area contributed by atoms with Gasteiger partial charge in [0.15, 0.2) is 0 Å². The Labute approximate surface area is 207 Å². The summed E-state index contributed by atoms with van der Waals surface area (Å²) in [5.74, 6) is -2.38. The number of rotatable bonds is 14. The fraction of sp³-hybridized carbons (Fsp3) is 0.727. The van der Waals surface area contributed by atoms with E-state index in [0.29, 0.717) is 6.54 Å². The molecule has 0 saturated carbocycles. The Kier molecular flexibility index (Phi) is 14.2. The second kappa shape index (κ2) is 15.6. The predicted molar refractivity (Wildman–Crippen MR) is 130 cm³/mol. The van der Waals surface area contributed by atoms with Crippen molar-refractivity contribution in [1.82, 2.24) is 35.1 Å². The number of nitrogens with one attached hydrogen (secondary N) is 2. The quantitative estimate of drug-likeness (QED) is 0.267. The Balaban J connectivity index is 4.49. The fourth-order valence-corrected chi connectivity index (χ4v) is 2.51. The van der Waals surface area contributed by atoms with Crippen LogP contribution in [0.25, 0.3) is 0 Å². The molecule has 13 nitrogen and oxygen atoms in total. The molecule has 35 heavy (non-hydrogen) atoms. The van der Waals surface area contributed by atoms with Gasteiger partial charge in [-0.05, 0) is 6.92 Å². The van der Waals surface area contributed by atoms with E-state index in [2.05, 4.69) is 10.6 Å². The molecule has 13 heteroatoms. The lowest BCUT2D eigenvalue weighted by Crippen LogP contribution is -2.48. The molecule has 0 fully saturated rings. The Morgan fingerprint density at radius 1 is 0.571 bits per heavy atom. The largest absolute Gasteiger partial charge is 0.345 e. The number of nitrogens with zero attached hydrogens (tertiary/aromatic N) is 5. The first-order chi connectivity index (χ1) is 16.2. The second-order valence-corrected chi connectivity index (χ2v) is 8.72. The maximum absolute atomic E-state index is 12.4. The van der Waals surface area contributed by atoms with E-state index in [4.69, 9.17) is 0 Å². The van der Waals surface area contributed by atoms with Gasteiger partial charge in [-0.25, -0.2) is 0 Å². The minimum atomic E-state index is -0.559. The summed E-state index contributed by atoms with van der Waals surface area (Å²) in [5.41, 5.74) is 0. The molecule has 0 aliphatic rings. The Hall–Kier alpha value is -3.22. The first-order valence-corrected chi connectivity index (χ1v) is 11.4. The first kappa shape index (κ1) is 31.8. The van der Waals surface area contributed by atoms with Gasteiger partial charge in [0.25, 0.3) is 0 Å². The maximum Gasteiger partial charge on any atom is 0.242 e. The molecule has 200 valence electrons. The van der Waals surface area contributed by atoms with Gasteiger partial charge in [-0.2, -0.15) is 0 Å². The molecule has 0 saturated heterocycles. The Morgan fingerprint density at radius 3 is 1.37 bits per heavy atom. The summed E-state index contributed by atoms with van der Waals surface area (Å²) >= 11 is 0. The zero-order chi connectivity index (χ0) is 27.3. The van der Waals surface area contributed by atoms with Gasteiger partial charge in [0.1, 0.15) is 0 Å². The van der Waals surface area contributed by atoms with E-state index in [1.807, 2.05) is 20.8 Å². The smallest absolute Gasteiger partial charge is 0.242 e. The van der Waals surface area contributed by atoms with E-state index in [9.17, 15) is 28.8 Å². The van der Waals surface area contributed by atoms with E-state index >= 15 is 0 Å². The van der Waals surface area contributed by atoms with Crippen molar-refractivity contribution in [1.29, 1.82) is 0 Å². The standard InChI is InChI=1S/C22H41N7O6/c1-9-25(4)20(33)13-27(6)19(32)11-24-17(30)12-26(5)21(34)15-29(8)22(35)14-28(7)18(31)10-23-16(2)3/h16,23H,9-15H2,1-8H3,(H,24,30). The van der Waals surface area contributed by atoms with Crippen molar-refractivity contribution in [2.45, 2.75) is 26.8 Å². The molecule has 0 aromatic carbocycles. The summed E-state index contributed by atoms with van der Waals surface area (Å²) in [6.45, 7) is 5.06. The van der Waals surface area contributed by atoms with Crippen LogP contribution in [0.3, 0.4) is 0 Å². The van der Waals surface area contributed by atoms with Crippen molar-refractivity contribution < 1.29 is 28.8 Å². The summed E-state index contributed by atoms with van der Waals surface area (Å²) in [6, 6.07) is 0.132. The molecule has 0 unspecified atom stereocenters. The molecule has 0 rings (SSSR count). The highest BCUT2D eigenvalue weighted by atomic mass is 16.2. The summed E-state index contributed by atoms with van der Waals surface area (Å²) < 4.78 is 0. The van der Waals surface area contributed by atoms with Gasteiger partial charge in [-0.15, -0.1) is 0 Å². The first-order valence-electron chi connectivity index (χ1n) is 11.4. The molecule has 0 spiro atoms. The zero-order valence-electron chi connectivity index (χ0n) is 22.2. The molecule has 2 N–H and O–H groups in total. The van der Waals surface area contributed by atoms with Crippen LogP contribution in [0.2, 0.25) is 0 Å². The van der Waals surface area contributed by atoms with Crippen LogP contribution < -0.4 is 10.6 Å². The number of carbonyl (C=O) groups is 6. The SMILES string of the molecule is CCN(C)C(=O)CN(C)C(=O)CNC(=O)CN(C)C(=O)CN(C)C(=O)CN(C)C(=O)CNC(C)C. The van der Waals surface area contributed by atoms with Crippen molar-refractivity contribution in [3.8, 4) is 0 Å². The summed E-state index contributed by atoms with van der Waals surface area (Å²) in [5, 5.41) is 5.40. The van der Waals surface area contributed by atoms with E-state index in [0.717, 1.165) is 4.90 Å². The van der Waals surface area contributed by atoms with Gasteiger partial charge in [-0.1, -0.05) is 13.8 Å². The third kappa shape index (κ3) is 12.7. The van der Waals surface area contributed by atoms with Crippen LogP contribution in [0, 0.1) is 0 Å². The molecule has 0 radical (unpaired) electrons. The number of likely N-dealkylation sites (N-methyl/N-ethyl adjacent to an activating group) is 5. The molecule has 0 heterocycles. The molecule has 0 aromatic rings. The topological polar surface area (TPSA) is 143 Å². The highest BCUT2D eigenvalue weighted by Crippen LogP contribution is 1.95. The highest BCUT2D eigenvalue weighted by molar-refractivity contribution is 5.91.